The summed E-state index contributed by atoms with van der Waals surface area (Å²) in [5.41, 5.74) is 5.31. The standard InChI is InChI=1S/C14H19BrN4/c1-3-19-8-7-17-14(19)9-13(18-16)11-5-4-6-12(15)10(11)2/h4-8,13,18H,3,9,16H2,1-2H3. The lowest BCUT2D eigenvalue weighted by atomic mass is 9.99. The first-order valence-electron chi connectivity index (χ1n) is 6.38. The Morgan fingerprint density at radius 1 is 1.47 bits per heavy atom. The number of nitrogens with one attached hydrogen (secondary N) is 1. The second-order valence-corrected chi connectivity index (χ2v) is 5.36. The summed E-state index contributed by atoms with van der Waals surface area (Å²) in [6, 6.07) is 6.23. The number of rotatable bonds is 5. The third kappa shape index (κ3) is 3.05. The minimum absolute atomic E-state index is 0.0604. The molecule has 0 bridgehead atoms. The molecule has 0 saturated heterocycles. The number of imidazole rings is 1. The molecule has 1 aromatic heterocycles. The van der Waals surface area contributed by atoms with E-state index in [0.717, 1.165) is 23.3 Å². The molecular weight excluding hydrogens is 304 g/mol. The van der Waals surface area contributed by atoms with Crippen LogP contribution in [0, 0.1) is 6.92 Å². The molecular formula is C14H19BrN4. The monoisotopic (exact) mass is 322 g/mol. The largest absolute Gasteiger partial charge is 0.335 e. The second-order valence-electron chi connectivity index (χ2n) is 4.51. The first-order chi connectivity index (χ1) is 9.17. The number of hydrazine groups is 1. The number of aryl methyl sites for hydroxylation is 1. The van der Waals surface area contributed by atoms with Crippen molar-refractivity contribution < 1.29 is 0 Å². The molecule has 4 nitrogen and oxygen atoms in total. The Morgan fingerprint density at radius 3 is 2.95 bits per heavy atom. The summed E-state index contributed by atoms with van der Waals surface area (Å²) in [5.74, 6) is 6.78. The Kier molecular flexibility index (Phi) is 4.74. The molecule has 0 aliphatic carbocycles. The summed E-state index contributed by atoms with van der Waals surface area (Å²) < 4.78 is 3.24. The van der Waals surface area contributed by atoms with E-state index in [9.17, 15) is 0 Å². The maximum absolute atomic E-state index is 5.73. The molecule has 102 valence electrons. The molecule has 0 aliphatic rings. The number of hydrogen-bond acceptors (Lipinski definition) is 3. The van der Waals surface area contributed by atoms with Crippen molar-refractivity contribution in [1.82, 2.24) is 15.0 Å². The molecule has 5 heteroatoms. The number of benzene rings is 1. The molecule has 19 heavy (non-hydrogen) atoms. The Hall–Kier alpha value is -1.17. The van der Waals surface area contributed by atoms with Gasteiger partial charge in [-0.05, 0) is 31.0 Å². The molecule has 0 aliphatic heterocycles. The lowest BCUT2D eigenvalue weighted by Gasteiger charge is -2.19. The molecule has 0 saturated carbocycles. The highest BCUT2D eigenvalue weighted by Gasteiger charge is 2.16. The summed E-state index contributed by atoms with van der Waals surface area (Å²) in [6.07, 6.45) is 4.60. The molecule has 1 heterocycles. The average molecular weight is 323 g/mol. The van der Waals surface area contributed by atoms with Crippen LogP contribution in [0.3, 0.4) is 0 Å². The van der Waals surface area contributed by atoms with Gasteiger partial charge < -0.3 is 4.57 Å². The highest BCUT2D eigenvalue weighted by Crippen LogP contribution is 2.26. The van der Waals surface area contributed by atoms with E-state index in [-0.39, 0.29) is 6.04 Å². The first-order valence-corrected chi connectivity index (χ1v) is 7.17. The lowest BCUT2D eigenvalue weighted by Crippen LogP contribution is -2.31. The normalized spacial score (nSPS) is 12.6. The summed E-state index contributed by atoms with van der Waals surface area (Å²) in [4.78, 5) is 4.41. The molecule has 1 atom stereocenters. The Morgan fingerprint density at radius 2 is 2.26 bits per heavy atom. The van der Waals surface area contributed by atoms with Gasteiger partial charge in [0.05, 0.1) is 6.04 Å². The SMILES string of the molecule is CCn1ccnc1CC(NN)c1cccc(Br)c1C. The minimum atomic E-state index is 0.0604. The smallest absolute Gasteiger partial charge is 0.110 e. The van der Waals surface area contributed by atoms with Crippen molar-refractivity contribution in [2.24, 2.45) is 5.84 Å². The van der Waals surface area contributed by atoms with Crippen molar-refractivity contribution in [2.45, 2.75) is 32.9 Å². The third-order valence-electron chi connectivity index (χ3n) is 3.42. The molecule has 0 fully saturated rings. The molecule has 1 unspecified atom stereocenters. The molecule has 0 spiro atoms. The molecule has 0 radical (unpaired) electrons. The van der Waals surface area contributed by atoms with Crippen molar-refractivity contribution in [2.75, 3.05) is 0 Å². The van der Waals surface area contributed by atoms with E-state index in [0.29, 0.717) is 0 Å². The fraction of sp³-hybridized carbons (Fsp3) is 0.357. The summed E-state index contributed by atoms with van der Waals surface area (Å²) >= 11 is 3.56. The fourth-order valence-corrected chi connectivity index (χ4v) is 2.64. The van der Waals surface area contributed by atoms with Gasteiger partial charge in [-0.1, -0.05) is 28.1 Å². The zero-order chi connectivity index (χ0) is 13.8. The van der Waals surface area contributed by atoms with E-state index in [4.69, 9.17) is 5.84 Å². The first kappa shape index (κ1) is 14.2. The van der Waals surface area contributed by atoms with E-state index in [2.05, 4.69) is 50.8 Å². The van der Waals surface area contributed by atoms with Crippen LogP contribution < -0.4 is 11.3 Å². The summed E-state index contributed by atoms with van der Waals surface area (Å²) in [6.45, 7) is 5.13. The molecule has 2 aromatic rings. The van der Waals surface area contributed by atoms with E-state index >= 15 is 0 Å². The van der Waals surface area contributed by atoms with Gasteiger partial charge in [-0.25, -0.2) is 4.98 Å². The zero-order valence-corrected chi connectivity index (χ0v) is 12.8. The maximum atomic E-state index is 5.73. The van der Waals surface area contributed by atoms with Gasteiger partial charge >= 0.3 is 0 Å². The minimum Gasteiger partial charge on any atom is -0.335 e. The highest BCUT2D eigenvalue weighted by atomic mass is 79.9. The van der Waals surface area contributed by atoms with Crippen LogP contribution in [0.15, 0.2) is 35.1 Å². The quantitative estimate of drug-likeness (QED) is 0.657. The molecule has 1 aromatic carbocycles. The average Bonchev–Trinajstić information content (AvgIpc) is 2.87. The predicted molar refractivity (Wildman–Crippen MR) is 80.5 cm³/mol. The van der Waals surface area contributed by atoms with Gasteiger partial charge in [-0.2, -0.15) is 0 Å². The van der Waals surface area contributed by atoms with Crippen molar-refractivity contribution in [3.8, 4) is 0 Å². The van der Waals surface area contributed by atoms with Gasteiger partial charge in [0.15, 0.2) is 0 Å². The van der Waals surface area contributed by atoms with Gasteiger partial charge in [0.2, 0.25) is 0 Å². The Labute approximate surface area is 122 Å². The van der Waals surface area contributed by atoms with Crippen molar-refractivity contribution >= 4 is 15.9 Å². The van der Waals surface area contributed by atoms with Crippen LogP contribution >= 0.6 is 15.9 Å². The van der Waals surface area contributed by atoms with Crippen molar-refractivity contribution in [3.05, 3.63) is 52.0 Å². The van der Waals surface area contributed by atoms with E-state index in [1.54, 1.807) is 0 Å². The second kappa shape index (κ2) is 6.32. The number of nitrogens with zero attached hydrogens (tertiary/aromatic N) is 2. The van der Waals surface area contributed by atoms with Crippen molar-refractivity contribution in [1.29, 1.82) is 0 Å². The highest BCUT2D eigenvalue weighted by molar-refractivity contribution is 9.10. The summed E-state index contributed by atoms with van der Waals surface area (Å²) in [5, 5.41) is 0. The molecule has 0 amide bonds. The Balaban J connectivity index is 2.28. The number of nitrogens with two attached hydrogens (primary N) is 1. The van der Waals surface area contributed by atoms with Crippen LogP contribution in [0.4, 0.5) is 0 Å². The van der Waals surface area contributed by atoms with Crippen molar-refractivity contribution in [3.63, 3.8) is 0 Å². The van der Waals surface area contributed by atoms with Crippen LogP contribution in [0.1, 0.15) is 29.9 Å². The maximum Gasteiger partial charge on any atom is 0.110 e. The van der Waals surface area contributed by atoms with Crippen LogP contribution in [0.25, 0.3) is 0 Å². The van der Waals surface area contributed by atoms with E-state index in [1.807, 2.05) is 24.5 Å². The zero-order valence-electron chi connectivity index (χ0n) is 11.2. The van der Waals surface area contributed by atoms with Crippen LogP contribution in [0.5, 0.6) is 0 Å². The molecule has 3 N–H and O–H groups in total. The van der Waals surface area contributed by atoms with E-state index < -0.39 is 0 Å². The lowest BCUT2D eigenvalue weighted by molar-refractivity contribution is 0.521. The van der Waals surface area contributed by atoms with Crippen LogP contribution in [-0.2, 0) is 13.0 Å². The molecule has 2 rings (SSSR count). The van der Waals surface area contributed by atoms with Crippen LogP contribution in [0.2, 0.25) is 0 Å². The summed E-state index contributed by atoms with van der Waals surface area (Å²) in [7, 11) is 0. The van der Waals surface area contributed by atoms with Gasteiger partial charge in [-0.15, -0.1) is 0 Å². The number of aromatic nitrogens is 2. The van der Waals surface area contributed by atoms with Gasteiger partial charge in [0, 0.05) is 29.8 Å². The van der Waals surface area contributed by atoms with Crippen LogP contribution in [-0.4, -0.2) is 9.55 Å². The topological polar surface area (TPSA) is 55.9 Å². The number of hydrogen-bond donors (Lipinski definition) is 2. The predicted octanol–water partition coefficient (Wildman–Crippen LogP) is 2.72. The van der Waals surface area contributed by atoms with Gasteiger partial charge in [0.1, 0.15) is 5.82 Å². The Bertz CT molecular complexity index is 550. The third-order valence-corrected chi connectivity index (χ3v) is 4.27. The van der Waals surface area contributed by atoms with Gasteiger partial charge in [-0.3, -0.25) is 11.3 Å². The van der Waals surface area contributed by atoms with E-state index in [1.165, 1.54) is 11.1 Å². The number of halogens is 1. The fourth-order valence-electron chi connectivity index (χ4n) is 2.26. The van der Waals surface area contributed by atoms with Gasteiger partial charge in [0.25, 0.3) is 0 Å².